The first-order valence-electron chi connectivity index (χ1n) is 4.44. The van der Waals surface area contributed by atoms with Gasteiger partial charge in [-0.25, -0.2) is 0 Å². The van der Waals surface area contributed by atoms with Gasteiger partial charge in [-0.05, 0) is 12.1 Å². The summed E-state index contributed by atoms with van der Waals surface area (Å²) >= 11 is 0. The minimum atomic E-state index is -0.570. The van der Waals surface area contributed by atoms with Crippen LogP contribution in [0.4, 0.5) is 0 Å². The zero-order chi connectivity index (χ0) is 11.3. The van der Waals surface area contributed by atoms with Crippen LogP contribution in [0.2, 0.25) is 0 Å². The maximum absolute atomic E-state index is 10.7. The Morgan fingerprint density at radius 2 is 2.33 bits per heavy atom. The summed E-state index contributed by atoms with van der Waals surface area (Å²) in [6.45, 7) is 0.445. The number of hydrogen-bond donors (Lipinski definition) is 3. The Labute approximate surface area is 87.5 Å². The van der Waals surface area contributed by atoms with Gasteiger partial charge in [0.2, 0.25) is 0 Å². The number of nitrogens with zero attached hydrogens (tertiary/aromatic N) is 1. The first-order chi connectivity index (χ1) is 7.17. The lowest BCUT2D eigenvalue weighted by molar-refractivity contribution is 0.0972. The second kappa shape index (κ2) is 5.04. The highest BCUT2D eigenvalue weighted by molar-refractivity contribution is 5.89. The molecule has 0 aliphatic carbocycles. The Bertz CT molecular complexity index is 370. The summed E-state index contributed by atoms with van der Waals surface area (Å²) < 4.78 is 5.16. The molecule has 15 heavy (non-hydrogen) atoms. The number of furan rings is 1. The largest absolute Gasteiger partial charge is 0.454 e. The molecular weight excluding hydrogens is 196 g/mol. The molecule has 0 radical (unpaired) electrons. The highest BCUT2D eigenvalue weighted by Crippen LogP contribution is 2.06. The summed E-state index contributed by atoms with van der Waals surface area (Å²) in [6, 6.07) is 3.23. The summed E-state index contributed by atoms with van der Waals surface area (Å²) in [4.78, 5) is 14.7. The van der Waals surface area contributed by atoms with E-state index < -0.39 is 5.91 Å². The molecular formula is C9H14N4O2. The van der Waals surface area contributed by atoms with Crippen molar-refractivity contribution >= 4 is 11.9 Å². The van der Waals surface area contributed by atoms with Gasteiger partial charge in [0.1, 0.15) is 5.76 Å². The highest BCUT2D eigenvalue weighted by Gasteiger charge is 2.06. The highest BCUT2D eigenvalue weighted by atomic mass is 16.3. The maximum Gasteiger partial charge on any atom is 0.284 e. The van der Waals surface area contributed by atoms with Crippen LogP contribution < -0.4 is 16.4 Å². The quantitative estimate of drug-likeness (QED) is 0.470. The van der Waals surface area contributed by atoms with E-state index in [-0.39, 0.29) is 5.76 Å². The van der Waals surface area contributed by atoms with Crippen molar-refractivity contribution in [2.75, 3.05) is 14.1 Å². The van der Waals surface area contributed by atoms with E-state index in [1.807, 2.05) is 0 Å². The number of nitrogens with one attached hydrogen (secondary N) is 2. The summed E-state index contributed by atoms with van der Waals surface area (Å²) in [7, 11) is 3.42. The molecule has 0 fully saturated rings. The lowest BCUT2D eigenvalue weighted by Gasteiger charge is -2.05. The van der Waals surface area contributed by atoms with Gasteiger partial charge in [-0.3, -0.25) is 9.79 Å². The molecule has 6 heteroatoms. The third kappa shape index (κ3) is 3.01. The van der Waals surface area contributed by atoms with Crippen LogP contribution in [0.5, 0.6) is 0 Å². The molecule has 1 amide bonds. The van der Waals surface area contributed by atoms with Crippen LogP contribution in [0, 0.1) is 0 Å². The van der Waals surface area contributed by atoms with Crippen molar-refractivity contribution in [1.29, 1.82) is 0 Å². The van der Waals surface area contributed by atoms with Crippen molar-refractivity contribution in [1.82, 2.24) is 10.6 Å². The average Bonchev–Trinajstić information content (AvgIpc) is 2.68. The van der Waals surface area contributed by atoms with Crippen LogP contribution in [-0.2, 0) is 6.54 Å². The molecule has 0 bridgehead atoms. The first kappa shape index (κ1) is 11.1. The number of guanidine groups is 1. The SMILES string of the molecule is CN=C(NC)NCc1ccc(C(N)=O)o1. The fraction of sp³-hybridized carbons (Fsp3) is 0.333. The third-order valence-electron chi connectivity index (χ3n) is 1.79. The van der Waals surface area contributed by atoms with Gasteiger partial charge < -0.3 is 20.8 Å². The molecule has 4 N–H and O–H groups in total. The topological polar surface area (TPSA) is 92.6 Å². The van der Waals surface area contributed by atoms with Gasteiger partial charge in [0, 0.05) is 14.1 Å². The molecule has 82 valence electrons. The molecule has 0 aromatic carbocycles. The zero-order valence-electron chi connectivity index (χ0n) is 8.70. The monoisotopic (exact) mass is 210 g/mol. The van der Waals surface area contributed by atoms with Gasteiger partial charge in [0.15, 0.2) is 11.7 Å². The molecule has 1 heterocycles. The normalized spacial score (nSPS) is 11.2. The predicted octanol–water partition coefficient (Wildman–Crippen LogP) is -0.327. The van der Waals surface area contributed by atoms with Crippen LogP contribution in [0.15, 0.2) is 21.5 Å². The minimum absolute atomic E-state index is 0.159. The van der Waals surface area contributed by atoms with Crippen molar-refractivity contribution in [3.05, 3.63) is 23.7 Å². The first-order valence-corrected chi connectivity index (χ1v) is 4.44. The molecule has 0 atom stereocenters. The Morgan fingerprint density at radius 3 is 2.80 bits per heavy atom. The predicted molar refractivity (Wildman–Crippen MR) is 56.5 cm³/mol. The fourth-order valence-corrected chi connectivity index (χ4v) is 1.06. The molecule has 0 saturated carbocycles. The molecule has 0 aliphatic heterocycles. The Hall–Kier alpha value is -1.98. The fourth-order valence-electron chi connectivity index (χ4n) is 1.06. The van der Waals surface area contributed by atoms with E-state index in [1.54, 1.807) is 26.2 Å². The van der Waals surface area contributed by atoms with Crippen LogP contribution in [-0.4, -0.2) is 26.0 Å². The molecule has 1 aromatic heterocycles. The van der Waals surface area contributed by atoms with E-state index in [0.717, 1.165) is 0 Å². The van der Waals surface area contributed by atoms with E-state index in [4.69, 9.17) is 10.2 Å². The van der Waals surface area contributed by atoms with Crippen LogP contribution in [0.25, 0.3) is 0 Å². The van der Waals surface area contributed by atoms with E-state index in [2.05, 4.69) is 15.6 Å². The van der Waals surface area contributed by atoms with Gasteiger partial charge in [0.05, 0.1) is 6.54 Å². The van der Waals surface area contributed by atoms with Crippen LogP contribution in [0.3, 0.4) is 0 Å². The van der Waals surface area contributed by atoms with Gasteiger partial charge in [0.25, 0.3) is 5.91 Å². The molecule has 0 aliphatic rings. The number of nitrogens with two attached hydrogens (primary N) is 1. The Morgan fingerprint density at radius 1 is 1.60 bits per heavy atom. The summed E-state index contributed by atoms with van der Waals surface area (Å²) in [5.41, 5.74) is 5.05. The summed E-state index contributed by atoms with van der Waals surface area (Å²) in [5, 5.41) is 5.84. The number of aliphatic imine (C=N–C) groups is 1. The smallest absolute Gasteiger partial charge is 0.284 e. The molecule has 0 spiro atoms. The molecule has 0 unspecified atom stereocenters. The third-order valence-corrected chi connectivity index (χ3v) is 1.79. The van der Waals surface area contributed by atoms with E-state index in [9.17, 15) is 4.79 Å². The summed E-state index contributed by atoms with van der Waals surface area (Å²) in [5.74, 6) is 0.859. The van der Waals surface area contributed by atoms with Gasteiger partial charge >= 0.3 is 0 Å². The van der Waals surface area contributed by atoms with Gasteiger partial charge in [-0.15, -0.1) is 0 Å². The summed E-state index contributed by atoms with van der Waals surface area (Å²) in [6.07, 6.45) is 0. The van der Waals surface area contributed by atoms with Crippen molar-refractivity contribution in [2.24, 2.45) is 10.7 Å². The standard InChI is InChI=1S/C9H14N4O2/c1-11-9(12-2)13-5-6-3-4-7(15-6)8(10)14/h3-4H,5H2,1-2H3,(H2,10,14)(H2,11,12,13). The number of carbonyl (C=O) groups is 1. The van der Waals surface area contributed by atoms with Crippen LogP contribution in [0.1, 0.15) is 16.3 Å². The lowest BCUT2D eigenvalue weighted by Crippen LogP contribution is -2.33. The van der Waals surface area contributed by atoms with E-state index >= 15 is 0 Å². The lowest BCUT2D eigenvalue weighted by atomic mass is 10.4. The van der Waals surface area contributed by atoms with Crippen molar-refractivity contribution in [3.63, 3.8) is 0 Å². The number of carbonyl (C=O) groups excluding carboxylic acids is 1. The average molecular weight is 210 g/mol. The second-order valence-electron chi connectivity index (χ2n) is 2.81. The van der Waals surface area contributed by atoms with Crippen LogP contribution >= 0.6 is 0 Å². The van der Waals surface area contributed by atoms with Crippen molar-refractivity contribution in [2.45, 2.75) is 6.54 Å². The van der Waals surface area contributed by atoms with Crippen molar-refractivity contribution < 1.29 is 9.21 Å². The number of rotatable bonds is 3. The van der Waals surface area contributed by atoms with E-state index in [0.29, 0.717) is 18.3 Å². The Balaban J connectivity index is 2.54. The van der Waals surface area contributed by atoms with Crippen molar-refractivity contribution in [3.8, 4) is 0 Å². The number of primary amides is 1. The molecule has 1 aromatic rings. The number of amides is 1. The maximum atomic E-state index is 10.7. The van der Waals surface area contributed by atoms with Gasteiger partial charge in [-0.2, -0.15) is 0 Å². The molecule has 0 saturated heterocycles. The molecule has 6 nitrogen and oxygen atoms in total. The minimum Gasteiger partial charge on any atom is -0.454 e. The zero-order valence-corrected chi connectivity index (χ0v) is 8.70. The number of hydrogen-bond acceptors (Lipinski definition) is 3. The van der Waals surface area contributed by atoms with E-state index in [1.165, 1.54) is 0 Å². The van der Waals surface area contributed by atoms with Gasteiger partial charge in [-0.1, -0.05) is 0 Å². The molecule has 1 rings (SSSR count). The Kier molecular flexibility index (Phi) is 3.73. The second-order valence-corrected chi connectivity index (χ2v) is 2.81.